The number of anilines is 1. The van der Waals surface area contributed by atoms with E-state index < -0.39 is 6.10 Å². The van der Waals surface area contributed by atoms with Gasteiger partial charge in [-0.05, 0) is 19.3 Å². The van der Waals surface area contributed by atoms with Gasteiger partial charge in [-0.2, -0.15) is 5.10 Å². The van der Waals surface area contributed by atoms with Crippen molar-refractivity contribution in [3.8, 4) is 0 Å². The first-order valence-electron chi connectivity index (χ1n) is 5.93. The predicted molar refractivity (Wildman–Crippen MR) is 63.6 cm³/mol. The second kappa shape index (κ2) is 4.75. The molecule has 1 aliphatic rings. The minimum Gasteiger partial charge on any atom is -0.395 e. The van der Waals surface area contributed by atoms with Crippen LogP contribution in [0.4, 0.5) is 5.69 Å². The lowest BCUT2D eigenvalue weighted by Gasteiger charge is -2.08. The van der Waals surface area contributed by atoms with Gasteiger partial charge in [-0.25, -0.2) is 0 Å². The second-order valence-electron chi connectivity index (χ2n) is 4.45. The monoisotopic (exact) mass is 238 g/mol. The van der Waals surface area contributed by atoms with Gasteiger partial charge in [0.1, 0.15) is 0 Å². The minimum atomic E-state index is -0.526. The summed E-state index contributed by atoms with van der Waals surface area (Å²) in [6.45, 7) is 2.07. The number of nitrogens with zero attached hydrogens (tertiary/aromatic N) is 1. The molecule has 1 aromatic rings. The molecule has 0 aliphatic heterocycles. The molecule has 94 valence electrons. The Labute approximate surface area is 99.6 Å². The number of amides is 1. The molecule has 1 atom stereocenters. The summed E-state index contributed by atoms with van der Waals surface area (Å²) in [5.41, 5.74) is 7.41. The van der Waals surface area contributed by atoms with E-state index >= 15 is 0 Å². The summed E-state index contributed by atoms with van der Waals surface area (Å²) in [4.78, 5) is 11.8. The summed E-state index contributed by atoms with van der Waals surface area (Å²) in [5.74, 6) is 0.100. The van der Waals surface area contributed by atoms with Crippen molar-refractivity contribution in [3.63, 3.8) is 0 Å². The van der Waals surface area contributed by atoms with Crippen LogP contribution in [0.15, 0.2) is 0 Å². The molecular weight excluding hydrogens is 220 g/mol. The number of hydrogen-bond acceptors (Lipinski definition) is 4. The van der Waals surface area contributed by atoms with Crippen LogP contribution in [0.1, 0.15) is 48.3 Å². The summed E-state index contributed by atoms with van der Waals surface area (Å²) in [7, 11) is 0. The lowest BCUT2D eigenvalue weighted by Crippen LogP contribution is -2.32. The van der Waals surface area contributed by atoms with Crippen LogP contribution in [-0.2, 0) is 0 Å². The maximum Gasteiger partial charge on any atom is 0.274 e. The van der Waals surface area contributed by atoms with Crippen LogP contribution in [0.3, 0.4) is 0 Å². The van der Waals surface area contributed by atoms with Gasteiger partial charge >= 0.3 is 0 Å². The fraction of sp³-hybridized carbons (Fsp3) is 0.636. The van der Waals surface area contributed by atoms with Gasteiger partial charge in [0.25, 0.3) is 5.91 Å². The highest BCUT2D eigenvalue weighted by Gasteiger charge is 2.30. The smallest absolute Gasteiger partial charge is 0.274 e. The summed E-state index contributed by atoms with van der Waals surface area (Å²) < 4.78 is 0. The van der Waals surface area contributed by atoms with E-state index in [-0.39, 0.29) is 18.1 Å². The number of hydrogen-bond donors (Lipinski definition) is 4. The van der Waals surface area contributed by atoms with Crippen LogP contribution >= 0.6 is 0 Å². The van der Waals surface area contributed by atoms with E-state index in [1.807, 2.05) is 6.92 Å². The Morgan fingerprint density at radius 3 is 3.00 bits per heavy atom. The van der Waals surface area contributed by atoms with Gasteiger partial charge in [-0.1, -0.05) is 6.92 Å². The van der Waals surface area contributed by atoms with Crippen LogP contribution in [0, 0.1) is 0 Å². The minimum absolute atomic E-state index is 0.223. The highest BCUT2D eigenvalue weighted by atomic mass is 16.3. The molecule has 1 amide bonds. The molecule has 5 N–H and O–H groups in total. The van der Waals surface area contributed by atoms with E-state index in [4.69, 9.17) is 5.73 Å². The van der Waals surface area contributed by atoms with Gasteiger partial charge in [0, 0.05) is 12.5 Å². The van der Waals surface area contributed by atoms with Gasteiger partial charge in [0.2, 0.25) is 0 Å². The molecule has 2 rings (SSSR count). The molecule has 0 bridgehead atoms. The van der Waals surface area contributed by atoms with Crippen molar-refractivity contribution in [1.82, 2.24) is 15.5 Å². The maximum atomic E-state index is 11.8. The zero-order chi connectivity index (χ0) is 12.4. The molecule has 0 radical (unpaired) electrons. The number of aromatic amines is 1. The molecule has 6 heteroatoms. The Balaban J connectivity index is 1.99. The third-order valence-electron chi connectivity index (χ3n) is 3.00. The summed E-state index contributed by atoms with van der Waals surface area (Å²) >= 11 is 0. The largest absolute Gasteiger partial charge is 0.395 e. The van der Waals surface area contributed by atoms with E-state index in [9.17, 15) is 9.90 Å². The van der Waals surface area contributed by atoms with E-state index in [0.717, 1.165) is 18.5 Å². The van der Waals surface area contributed by atoms with Crippen molar-refractivity contribution in [1.29, 1.82) is 0 Å². The summed E-state index contributed by atoms with van der Waals surface area (Å²) in [5, 5.41) is 18.7. The van der Waals surface area contributed by atoms with Crippen LogP contribution in [0.5, 0.6) is 0 Å². The first-order chi connectivity index (χ1) is 8.13. The molecule has 17 heavy (non-hydrogen) atoms. The molecule has 1 unspecified atom stereocenters. The van der Waals surface area contributed by atoms with Crippen molar-refractivity contribution in [3.05, 3.63) is 11.4 Å². The molecule has 0 spiro atoms. The number of carbonyl (C=O) groups is 1. The normalized spacial score (nSPS) is 16.8. The molecule has 1 fully saturated rings. The number of aliphatic hydroxyl groups excluding tert-OH is 1. The highest BCUT2D eigenvalue weighted by molar-refractivity contribution is 5.97. The predicted octanol–water partition coefficient (Wildman–Crippen LogP) is 0.370. The number of aliphatic hydroxyl groups is 1. The average molecular weight is 238 g/mol. The molecule has 1 heterocycles. The second-order valence-corrected chi connectivity index (χ2v) is 4.45. The Kier molecular flexibility index (Phi) is 3.33. The number of nitrogens with two attached hydrogens (primary N) is 1. The number of carbonyl (C=O) groups excluding carboxylic acids is 1. The van der Waals surface area contributed by atoms with Gasteiger partial charge < -0.3 is 16.2 Å². The summed E-state index contributed by atoms with van der Waals surface area (Å²) in [6, 6.07) is 0. The Morgan fingerprint density at radius 2 is 2.41 bits per heavy atom. The molecule has 6 nitrogen and oxygen atoms in total. The molecule has 1 aromatic heterocycles. The lowest BCUT2D eigenvalue weighted by molar-refractivity contribution is 0.0910. The lowest BCUT2D eigenvalue weighted by atomic mass is 10.2. The Hall–Kier alpha value is -1.56. The Morgan fingerprint density at radius 1 is 1.71 bits per heavy atom. The van der Waals surface area contributed by atoms with E-state index in [1.165, 1.54) is 0 Å². The van der Waals surface area contributed by atoms with Gasteiger partial charge in [0.05, 0.1) is 17.5 Å². The number of H-pyrrole nitrogens is 1. The van der Waals surface area contributed by atoms with Crippen molar-refractivity contribution >= 4 is 11.6 Å². The van der Waals surface area contributed by atoms with E-state index in [2.05, 4.69) is 15.5 Å². The quantitative estimate of drug-likeness (QED) is 0.595. The third kappa shape index (κ3) is 2.58. The van der Waals surface area contributed by atoms with Crippen LogP contribution in [0.25, 0.3) is 0 Å². The first-order valence-corrected chi connectivity index (χ1v) is 5.93. The zero-order valence-electron chi connectivity index (χ0n) is 9.86. The third-order valence-corrected chi connectivity index (χ3v) is 3.00. The molecule has 1 aliphatic carbocycles. The van der Waals surface area contributed by atoms with Gasteiger partial charge in [-0.3, -0.25) is 9.89 Å². The first kappa shape index (κ1) is 11.9. The number of nitrogen functional groups attached to an aromatic ring is 1. The molecule has 1 saturated carbocycles. The zero-order valence-corrected chi connectivity index (χ0v) is 9.86. The fourth-order valence-electron chi connectivity index (χ4n) is 1.66. The average Bonchev–Trinajstić information content (AvgIpc) is 3.09. The van der Waals surface area contributed by atoms with Crippen molar-refractivity contribution in [2.24, 2.45) is 0 Å². The van der Waals surface area contributed by atoms with Crippen molar-refractivity contribution < 1.29 is 9.90 Å². The van der Waals surface area contributed by atoms with Crippen molar-refractivity contribution in [2.45, 2.75) is 38.2 Å². The number of nitrogens with one attached hydrogen (secondary N) is 2. The Bertz CT molecular complexity index is 412. The SMILES string of the molecule is CCC(O)CNC(=O)c1n[nH]c(C2CC2)c1N. The number of aromatic nitrogens is 2. The maximum absolute atomic E-state index is 11.8. The fourth-order valence-corrected chi connectivity index (χ4v) is 1.66. The van der Waals surface area contributed by atoms with E-state index in [1.54, 1.807) is 0 Å². The van der Waals surface area contributed by atoms with Crippen LogP contribution in [0.2, 0.25) is 0 Å². The molecule has 0 aromatic carbocycles. The number of rotatable bonds is 5. The van der Waals surface area contributed by atoms with Crippen LogP contribution < -0.4 is 11.1 Å². The van der Waals surface area contributed by atoms with Crippen LogP contribution in [-0.4, -0.2) is 33.9 Å². The van der Waals surface area contributed by atoms with Gasteiger partial charge in [0.15, 0.2) is 5.69 Å². The van der Waals surface area contributed by atoms with E-state index in [0.29, 0.717) is 18.0 Å². The standard InChI is InChI=1S/C11H18N4O2/c1-2-7(16)5-13-11(17)10-8(12)9(14-15-10)6-3-4-6/h6-7,16H,2-5,12H2,1H3,(H,13,17)(H,14,15). The molecule has 0 saturated heterocycles. The highest BCUT2D eigenvalue weighted by Crippen LogP contribution is 2.42. The summed E-state index contributed by atoms with van der Waals surface area (Å²) in [6.07, 6.45) is 2.27. The van der Waals surface area contributed by atoms with Gasteiger partial charge in [-0.15, -0.1) is 0 Å². The van der Waals surface area contributed by atoms with Crippen molar-refractivity contribution in [2.75, 3.05) is 12.3 Å². The molecular formula is C11H18N4O2. The topological polar surface area (TPSA) is 104 Å².